The van der Waals surface area contributed by atoms with Gasteiger partial charge in [-0.25, -0.2) is 0 Å². The van der Waals surface area contributed by atoms with Crippen LogP contribution in [0.2, 0.25) is 0 Å². The lowest BCUT2D eigenvalue weighted by molar-refractivity contribution is 1.24. The topological polar surface area (TPSA) is 0 Å². The van der Waals surface area contributed by atoms with E-state index >= 15 is 0 Å². The zero-order valence-corrected chi connectivity index (χ0v) is 10.5. The van der Waals surface area contributed by atoms with E-state index < -0.39 is 0 Å². The molecular weight excluding hydrogens is 216 g/mol. The quantitative estimate of drug-likeness (QED) is 0.646. The molecule has 0 saturated carbocycles. The van der Waals surface area contributed by atoms with E-state index in [0.29, 0.717) is 0 Å². The second-order valence-electron chi connectivity index (χ2n) is 4.33. The summed E-state index contributed by atoms with van der Waals surface area (Å²) in [4.78, 5) is 0. The Bertz CT molecular complexity index is 506. The third-order valence-electron chi connectivity index (χ3n) is 2.91. The van der Waals surface area contributed by atoms with Gasteiger partial charge in [-0.05, 0) is 29.5 Å². The Morgan fingerprint density at radius 1 is 0.833 bits per heavy atom. The summed E-state index contributed by atoms with van der Waals surface area (Å²) in [6, 6.07) is 20.8. The third kappa shape index (κ3) is 3.74. The Balaban J connectivity index is 1.83. The molecule has 0 aliphatic carbocycles. The van der Waals surface area contributed by atoms with Gasteiger partial charge < -0.3 is 0 Å². The predicted octanol–water partition coefficient (Wildman–Crippen LogP) is 4.89. The average molecular weight is 234 g/mol. The first kappa shape index (κ1) is 12.4. The lowest BCUT2D eigenvalue weighted by Gasteiger charge is -2.01. The first-order valence-corrected chi connectivity index (χ1v) is 6.28. The van der Waals surface area contributed by atoms with Crippen LogP contribution in [0.1, 0.15) is 17.5 Å². The fourth-order valence-corrected chi connectivity index (χ4v) is 1.85. The summed E-state index contributed by atoms with van der Waals surface area (Å²) in [6.07, 6.45) is 6.31. The molecule has 0 aliphatic rings. The summed E-state index contributed by atoms with van der Waals surface area (Å²) in [7, 11) is 0. The molecule has 0 aliphatic heterocycles. The van der Waals surface area contributed by atoms with Crippen LogP contribution in [0.3, 0.4) is 0 Å². The van der Waals surface area contributed by atoms with Crippen molar-refractivity contribution < 1.29 is 0 Å². The van der Waals surface area contributed by atoms with Crippen molar-refractivity contribution in [1.29, 1.82) is 0 Å². The van der Waals surface area contributed by atoms with Gasteiger partial charge in [0.05, 0.1) is 0 Å². The summed E-state index contributed by atoms with van der Waals surface area (Å²) in [5.74, 6) is 0. The van der Waals surface area contributed by atoms with Gasteiger partial charge in [-0.3, -0.25) is 0 Å². The molecule has 0 heteroatoms. The highest BCUT2D eigenvalue weighted by atomic mass is 14.0. The minimum Gasteiger partial charge on any atom is -0.0949 e. The van der Waals surface area contributed by atoms with E-state index in [1.807, 2.05) is 24.3 Å². The molecule has 2 aromatic rings. The van der Waals surface area contributed by atoms with E-state index in [2.05, 4.69) is 55.1 Å². The minimum atomic E-state index is 0.914. The second-order valence-corrected chi connectivity index (χ2v) is 4.33. The molecule has 0 nitrogen and oxygen atoms in total. The number of allylic oxidation sites excluding steroid dienone is 3. The molecule has 0 aromatic heterocycles. The minimum absolute atomic E-state index is 0.914. The summed E-state index contributed by atoms with van der Waals surface area (Å²) in [5.41, 5.74) is 3.74. The van der Waals surface area contributed by atoms with Gasteiger partial charge >= 0.3 is 0 Å². The normalized spacial score (nSPS) is 10.7. The Morgan fingerprint density at radius 3 is 2.11 bits per heavy atom. The zero-order valence-electron chi connectivity index (χ0n) is 10.5. The third-order valence-corrected chi connectivity index (χ3v) is 2.91. The molecule has 0 bridgehead atoms. The van der Waals surface area contributed by atoms with Crippen LogP contribution in [0, 0.1) is 0 Å². The van der Waals surface area contributed by atoms with Crippen LogP contribution in [0.15, 0.2) is 79.4 Å². The standard InChI is InChI=1S/C18H18/c1-16(18-14-6-3-7-15-18)10-8-9-13-17-11-4-2-5-12-17/h2-9,11-12,14-15H,1,10,13H2/b9-8-. The van der Waals surface area contributed by atoms with Crippen molar-refractivity contribution in [1.82, 2.24) is 0 Å². The summed E-state index contributed by atoms with van der Waals surface area (Å²) >= 11 is 0. The highest BCUT2D eigenvalue weighted by Crippen LogP contribution is 2.15. The average Bonchev–Trinajstić information content (AvgIpc) is 2.45. The molecule has 0 atom stereocenters. The van der Waals surface area contributed by atoms with Gasteiger partial charge in [0.25, 0.3) is 0 Å². The number of benzene rings is 2. The van der Waals surface area contributed by atoms with Crippen molar-refractivity contribution in [2.45, 2.75) is 12.8 Å². The van der Waals surface area contributed by atoms with E-state index in [4.69, 9.17) is 0 Å². The van der Waals surface area contributed by atoms with Crippen molar-refractivity contribution in [3.63, 3.8) is 0 Å². The lowest BCUT2D eigenvalue weighted by atomic mass is 10.0. The molecule has 0 saturated heterocycles. The molecule has 0 N–H and O–H groups in total. The van der Waals surface area contributed by atoms with Gasteiger partial charge in [-0.1, -0.05) is 79.4 Å². The van der Waals surface area contributed by atoms with E-state index in [1.165, 1.54) is 16.7 Å². The van der Waals surface area contributed by atoms with Gasteiger partial charge in [-0.2, -0.15) is 0 Å². The fraction of sp³-hybridized carbons (Fsp3) is 0.111. The van der Waals surface area contributed by atoms with Gasteiger partial charge in [0.15, 0.2) is 0 Å². The van der Waals surface area contributed by atoms with Crippen LogP contribution in [-0.4, -0.2) is 0 Å². The molecule has 2 rings (SSSR count). The van der Waals surface area contributed by atoms with Gasteiger partial charge in [0, 0.05) is 0 Å². The summed E-state index contributed by atoms with van der Waals surface area (Å²) in [5, 5.41) is 0. The van der Waals surface area contributed by atoms with Crippen LogP contribution < -0.4 is 0 Å². The van der Waals surface area contributed by atoms with Crippen molar-refractivity contribution in [2.75, 3.05) is 0 Å². The Labute approximate surface area is 109 Å². The van der Waals surface area contributed by atoms with E-state index in [0.717, 1.165) is 12.8 Å². The first-order valence-electron chi connectivity index (χ1n) is 6.28. The maximum absolute atomic E-state index is 4.12. The molecule has 0 unspecified atom stereocenters. The maximum atomic E-state index is 4.12. The largest absolute Gasteiger partial charge is 0.0949 e. The van der Waals surface area contributed by atoms with Crippen molar-refractivity contribution >= 4 is 5.57 Å². The Kier molecular flexibility index (Phi) is 4.54. The van der Waals surface area contributed by atoms with Gasteiger partial charge in [-0.15, -0.1) is 0 Å². The Hall–Kier alpha value is -2.08. The molecule has 0 radical (unpaired) electrons. The SMILES string of the molecule is C=C(C/C=C\Cc1ccccc1)c1ccccc1. The molecule has 0 fully saturated rings. The smallest absolute Gasteiger partial charge is 0.00973 e. The highest BCUT2D eigenvalue weighted by Gasteiger charge is 1.94. The lowest BCUT2D eigenvalue weighted by Crippen LogP contribution is -1.81. The zero-order chi connectivity index (χ0) is 12.6. The number of rotatable bonds is 5. The molecular formula is C18H18. The van der Waals surface area contributed by atoms with Crippen LogP contribution in [0.25, 0.3) is 5.57 Å². The molecule has 18 heavy (non-hydrogen) atoms. The van der Waals surface area contributed by atoms with Crippen LogP contribution >= 0.6 is 0 Å². The van der Waals surface area contributed by atoms with E-state index in [-0.39, 0.29) is 0 Å². The number of hydrogen-bond acceptors (Lipinski definition) is 0. The van der Waals surface area contributed by atoms with Crippen molar-refractivity contribution in [3.8, 4) is 0 Å². The highest BCUT2D eigenvalue weighted by molar-refractivity contribution is 5.64. The Morgan fingerprint density at radius 2 is 1.44 bits per heavy atom. The molecule has 0 spiro atoms. The maximum Gasteiger partial charge on any atom is -0.00973 e. The fourth-order valence-electron chi connectivity index (χ4n) is 1.85. The van der Waals surface area contributed by atoms with Gasteiger partial charge in [0.2, 0.25) is 0 Å². The summed E-state index contributed by atoms with van der Waals surface area (Å²) < 4.78 is 0. The van der Waals surface area contributed by atoms with E-state index in [1.54, 1.807) is 0 Å². The van der Waals surface area contributed by atoms with E-state index in [9.17, 15) is 0 Å². The molecule has 2 aromatic carbocycles. The predicted molar refractivity (Wildman–Crippen MR) is 79.4 cm³/mol. The van der Waals surface area contributed by atoms with Crippen LogP contribution in [-0.2, 0) is 6.42 Å². The van der Waals surface area contributed by atoms with Crippen molar-refractivity contribution in [2.24, 2.45) is 0 Å². The van der Waals surface area contributed by atoms with Crippen LogP contribution in [0.5, 0.6) is 0 Å². The van der Waals surface area contributed by atoms with Crippen LogP contribution in [0.4, 0.5) is 0 Å². The van der Waals surface area contributed by atoms with Crippen molar-refractivity contribution in [3.05, 3.63) is 90.5 Å². The monoisotopic (exact) mass is 234 g/mol. The first-order chi connectivity index (χ1) is 8.86. The van der Waals surface area contributed by atoms with Gasteiger partial charge in [0.1, 0.15) is 0 Å². The molecule has 0 heterocycles. The molecule has 0 amide bonds. The second kappa shape index (κ2) is 6.61. The number of hydrogen-bond donors (Lipinski definition) is 0. The molecule has 90 valence electrons. The summed E-state index contributed by atoms with van der Waals surface area (Å²) in [6.45, 7) is 4.12.